The number of hydrogen-bond donors (Lipinski definition) is 0. The number of rotatable bonds is 5. The van der Waals surface area contributed by atoms with Gasteiger partial charge in [-0.1, -0.05) is 13.8 Å². The molecule has 0 fully saturated rings. The molecule has 0 saturated carbocycles. The minimum atomic E-state index is -0.374. The molecule has 0 radical (unpaired) electrons. The van der Waals surface area contributed by atoms with Gasteiger partial charge in [-0.05, 0) is 51.6 Å². The molecule has 0 aliphatic rings. The summed E-state index contributed by atoms with van der Waals surface area (Å²) >= 11 is 6.76. The molecule has 16 heavy (non-hydrogen) atoms. The first-order chi connectivity index (χ1) is 7.57. The van der Waals surface area contributed by atoms with Crippen molar-refractivity contribution in [2.75, 3.05) is 6.61 Å². The molecule has 0 aromatic carbocycles. The average molecular weight is 352 g/mol. The summed E-state index contributed by atoms with van der Waals surface area (Å²) in [5.41, 5.74) is -0.374. The zero-order valence-corrected chi connectivity index (χ0v) is 12.9. The van der Waals surface area contributed by atoms with Gasteiger partial charge in [-0.3, -0.25) is 0 Å². The van der Waals surface area contributed by atoms with Crippen molar-refractivity contribution in [1.29, 1.82) is 0 Å². The molecular weight excluding hydrogens is 336 g/mol. The Balaban J connectivity index is 3.19. The minimum Gasteiger partial charge on any atom is -0.367 e. The fraction of sp³-hybridized carbons (Fsp3) is 0.636. The molecule has 0 N–H and O–H groups in total. The quantitative estimate of drug-likeness (QED) is 0.750. The predicted molar refractivity (Wildman–Crippen MR) is 71.3 cm³/mol. The summed E-state index contributed by atoms with van der Waals surface area (Å²) in [4.78, 5) is 8.83. The Kier molecular flexibility index (Phi) is 5.34. The third-order valence-corrected chi connectivity index (χ3v) is 3.45. The molecule has 0 aliphatic carbocycles. The first-order valence-electron chi connectivity index (χ1n) is 5.42. The summed E-state index contributed by atoms with van der Waals surface area (Å²) < 4.78 is 7.40. The van der Waals surface area contributed by atoms with Crippen LogP contribution >= 0.6 is 31.9 Å². The predicted octanol–water partition coefficient (Wildman–Crippen LogP) is 4.05. The van der Waals surface area contributed by atoms with E-state index in [1.165, 1.54) is 0 Å². The van der Waals surface area contributed by atoms with Crippen LogP contribution in [0.5, 0.6) is 0 Å². The van der Waals surface area contributed by atoms with Crippen LogP contribution in [0.3, 0.4) is 0 Å². The summed E-state index contributed by atoms with van der Waals surface area (Å²) in [6.07, 6.45) is 1.72. The highest BCUT2D eigenvalue weighted by Crippen LogP contribution is 2.32. The van der Waals surface area contributed by atoms with Gasteiger partial charge < -0.3 is 4.74 Å². The van der Waals surface area contributed by atoms with Gasteiger partial charge in [0.1, 0.15) is 14.8 Å². The van der Waals surface area contributed by atoms with E-state index in [1.54, 1.807) is 0 Å². The van der Waals surface area contributed by atoms with Crippen LogP contribution in [0.4, 0.5) is 0 Å². The van der Waals surface area contributed by atoms with Crippen molar-refractivity contribution in [2.45, 2.75) is 39.2 Å². The molecule has 90 valence electrons. The maximum atomic E-state index is 5.86. The summed E-state index contributed by atoms with van der Waals surface area (Å²) in [7, 11) is 0. The van der Waals surface area contributed by atoms with Crippen LogP contribution in [0.25, 0.3) is 0 Å². The van der Waals surface area contributed by atoms with Crippen LogP contribution in [0.15, 0.2) is 15.3 Å². The molecule has 1 rings (SSSR count). The van der Waals surface area contributed by atoms with Gasteiger partial charge >= 0.3 is 0 Å². The average Bonchev–Trinajstić information content (AvgIpc) is 2.24. The van der Waals surface area contributed by atoms with E-state index in [2.05, 4.69) is 55.7 Å². The zero-order valence-electron chi connectivity index (χ0n) is 9.76. The number of nitrogens with zero attached hydrogens (tertiary/aromatic N) is 2. The lowest BCUT2D eigenvalue weighted by Gasteiger charge is -2.29. The molecule has 0 saturated heterocycles. The molecular formula is C11H16Br2N2O. The van der Waals surface area contributed by atoms with E-state index >= 15 is 0 Å². The molecule has 3 nitrogen and oxygen atoms in total. The lowest BCUT2D eigenvalue weighted by Crippen LogP contribution is -2.31. The van der Waals surface area contributed by atoms with Crippen molar-refractivity contribution in [2.24, 2.45) is 0 Å². The van der Waals surface area contributed by atoms with E-state index in [0.29, 0.717) is 6.61 Å². The molecule has 0 spiro atoms. The number of aromatic nitrogens is 2. The summed E-state index contributed by atoms with van der Waals surface area (Å²) in [5.74, 6) is 0.737. The van der Waals surface area contributed by atoms with Crippen molar-refractivity contribution in [3.8, 4) is 0 Å². The lowest BCUT2D eigenvalue weighted by molar-refractivity contribution is -0.0574. The molecule has 0 amide bonds. The molecule has 0 atom stereocenters. The molecule has 5 heteroatoms. The maximum absolute atomic E-state index is 5.86. The first-order valence-corrected chi connectivity index (χ1v) is 7.01. The normalized spacial score (nSPS) is 11.8. The lowest BCUT2D eigenvalue weighted by atomic mass is 9.96. The zero-order chi connectivity index (χ0) is 12.2. The van der Waals surface area contributed by atoms with Gasteiger partial charge in [0.2, 0.25) is 0 Å². The van der Waals surface area contributed by atoms with Gasteiger partial charge in [0.05, 0.1) is 0 Å². The van der Waals surface area contributed by atoms with E-state index in [4.69, 9.17) is 4.74 Å². The SMILES string of the molecule is CCOC(CC)(CC)c1nc(Br)cc(Br)n1. The van der Waals surface area contributed by atoms with Gasteiger partial charge in [-0.15, -0.1) is 0 Å². The van der Waals surface area contributed by atoms with E-state index < -0.39 is 0 Å². The monoisotopic (exact) mass is 350 g/mol. The van der Waals surface area contributed by atoms with Gasteiger partial charge in [-0.25, -0.2) is 9.97 Å². The Morgan fingerprint density at radius 3 is 2.00 bits per heavy atom. The van der Waals surface area contributed by atoms with E-state index in [1.807, 2.05) is 13.0 Å². The molecule has 0 aliphatic heterocycles. The van der Waals surface area contributed by atoms with Crippen LogP contribution in [0.1, 0.15) is 39.4 Å². The van der Waals surface area contributed by atoms with Crippen molar-refractivity contribution in [3.63, 3.8) is 0 Å². The summed E-state index contributed by atoms with van der Waals surface area (Å²) in [6, 6.07) is 1.82. The molecule has 1 heterocycles. The number of halogens is 2. The second-order valence-electron chi connectivity index (χ2n) is 3.47. The smallest absolute Gasteiger partial charge is 0.162 e. The molecule has 1 aromatic rings. The Labute approximate surface area is 113 Å². The van der Waals surface area contributed by atoms with Gasteiger partial charge in [0.25, 0.3) is 0 Å². The molecule has 0 bridgehead atoms. The molecule has 0 unspecified atom stereocenters. The number of ether oxygens (including phenoxy) is 1. The number of hydrogen-bond acceptors (Lipinski definition) is 3. The maximum Gasteiger partial charge on any atom is 0.162 e. The van der Waals surface area contributed by atoms with Crippen LogP contribution in [-0.2, 0) is 10.3 Å². The van der Waals surface area contributed by atoms with Crippen molar-refractivity contribution in [1.82, 2.24) is 9.97 Å². The van der Waals surface area contributed by atoms with Crippen molar-refractivity contribution in [3.05, 3.63) is 21.1 Å². The topological polar surface area (TPSA) is 35.0 Å². The third kappa shape index (κ3) is 3.02. The standard InChI is InChI=1S/C11H16Br2N2O/c1-4-11(5-2,16-6-3)10-14-8(12)7-9(13)15-10/h7H,4-6H2,1-3H3. The fourth-order valence-corrected chi connectivity index (χ4v) is 2.78. The Morgan fingerprint density at radius 1 is 1.12 bits per heavy atom. The van der Waals surface area contributed by atoms with Crippen LogP contribution < -0.4 is 0 Å². The second-order valence-corrected chi connectivity index (χ2v) is 5.10. The van der Waals surface area contributed by atoms with Crippen LogP contribution in [-0.4, -0.2) is 16.6 Å². The fourth-order valence-electron chi connectivity index (χ4n) is 1.71. The Hall–Kier alpha value is -0.0000000000000000555. The third-order valence-electron chi connectivity index (χ3n) is 2.63. The Morgan fingerprint density at radius 2 is 1.62 bits per heavy atom. The van der Waals surface area contributed by atoms with Crippen molar-refractivity contribution < 1.29 is 4.74 Å². The highest BCUT2D eigenvalue weighted by atomic mass is 79.9. The first kappa shape index (κ1) is 14.1. The minimum absolute atomic E-state index is 0.374. The van der Waals surface area contributed by atoms with Crippen molar-refractivity contribution >= 4 is 31.9 Å². The van der Waals surface area contributed by atoms with Crippen LogP contribution in [0.2, 0.25) is 0 Å². The summed E-state index contributed by atoms with van der Waals surface area (Å²) in [6.45, 7) is 6.84. The van der Waals surface area contributed by atoms with E-state index in [0.717, 1.165) is 27.9 Å². The Bertz CT molecular complexity index is 334. The van der Waals surface area contributed by atoms with Crippen LogP contribution in [0, 0.1) is 0 Å². The van der Waals surface area contributed by atoms with E-state index in [-0.39, 0.29) is 5.60 Å². The second kappa shape index (κ2) is 6.07. The van der Waals surface area contributed by atoms with Gasteiger partial charge in [0.15, 0.2) is 5.82 Å². The van der Waals surface area contributed by atoms with E-state index in [9.17, 15) is 0 Å². The largest absolute Gasteiger partial charge is 0.367 e. The summed E-state index contributed by atoms with van der Waals surface area (Å²) in [5, 5.41) is 0. The molecule has 1 aromatic heterocycles. The van der Waals surface area contributed by atoms with Gasteiger partial charge in [0, 0.05) is 12.7 Å². The van der Waals surface area contributed by atoms with Gasteiger partial charge in [-0.2, -0.15) is 0 Å². The highest BCUT2D eigenvalue weighted by molar-refractivity contribution is 9.11. The highest BCUT2D eigenvalue weighted by Gasteiger charge is 2.32.